The molecule has 1 rings (SSSR count). The van der Waals surface area contributed by atoms with E-state index in [2.05, 4.69) is 11.9 Å². The summed E-state index contributed by atoms with van der Waals surface area (Å²) in [4.78, 5) is 26.6. The summed E-state index contributed by atoms with van der Waals surface area (Å²) in [7, 11) is 0. The van der Waals surface area contributed by atoms with Gasteiger partial charge in [0.2, 0.25) is 11.8 Å². The van der Waals surface area contributed by atoms with Crippen LogP contribution in [-0.4, -0.2) is 35.3 Å². The van der Waals surface area contributed by atoms with Crippen molar-refractivity contribution >= 4 is 11.8 Å². The monoisotopic (exact) mass is 266 g/mol. The summed E-state index contributed by atoms with van der Waals surface area (Å²) in [6, 6.07) is -0.839. The zero-order chi connectivity index (χ0) is 14.8. The van der Waals surface area contributed by atoms with Crippen molar-refractivity contribution in [3.8, 4) is 0 Å². The van der Waals surface area contributed by atoms with Gasteiger partial charge in [0.15, 0.2) is 0 Å². The van der Waals surface area contributed by atoms with Gasteiger partial charge in [-0.15, -0.1) is 6.58 Å². The summed E-state index contributed by atoms with van der Waals surface area (Å²) in [5.41, 5.74) is -0.285. The van der Waals surface area contributed by atoms with E-state index in [0.29, 0.717) is 6.54 Å². The van der Waals surface area contributed by atoms with Gasteiger partial charge in [-0.25, -0.2) is 0 Å². The fourth-order valence-corrected chi connectivity index (χ4v) is 2.45. The van der Waals surface area contributed by atoms with E-state index in [4.69, 9.17) is 0 Å². The molecule has 4 heteroatoms. The van der Waals surface area contributed by atoms with Crippen LogP contribution in [0.25, 0.3) is 0 Å². The fraction of sp³-hybridized carbons (Fsp3) is 0.733. The molecule has 19 heavy (non-hydrogen) atoms. The van der Waals surface area contributed by atoms with Crippen LogP contribution in [0.4, 0.5) is 0 Å². The molecule has 0 saturated carbocycles. The first-order valence-corrected chi connectivity index (χ1v) is 6.95. The van der Waals surface area contributed by atoms with Crippen LogP contribution < -0.4 is 5.32 Å². The lowest BCUT2D eigenvalue weighted by atomic mass is 9.82. The Labute approximate surface area is 116 Å². The minimum Gasteiger partial charge on any atom is -0.342 e. The molecule has 1 heterocycles. The molecule has 0 spiro atoms. The largest absolute Gasteiger partial charge is 0.342 e. The second-order valence-electron chi connectivity index (χ2n) is 6.42. The van der Waals surface area contributed by atoms with Crippen molar-refractivity contribution in [1.29, 1.82) is 0 Å². The maximum atomic E-state index is 12.6. The molecule has 4 nitrogen and oxygen atoms in total. The predicted molar refractivity (Wildman–Crippen MR) is 76.5 cm³/mol. The first-order chi connectivity index (χ1) is 8.73. The van der Waals surface area contributed by atoms with Gasteiger partial charge in [-0.2, -0.15) is 0 Å². The lowest BCUT2D eigenvalue weighted by Gasteiger charge is -2.44. The molecule has 1 fully saturated rings. The van der Waals surface area contributed by atoms with Crippen molar-refractivity contribution in [2.24, 2.45) is 11.3 Å². The quantitative estimate of drug-likeness (QED) is 0.791. The van der Waals surface area contributed by atoms with Crippen molar-refractivity contribution in [3.63, 3.8) is 0 Å². The van der Waals surface area contributed by atoms with Gasteiger partial charge < -0.3 is 10.2 Å². The van der Waals surface area contributed by atoms with Crippen molar-refractivity contribution in [1.82, 2.24) is 10.2 Å². The molecular formula is C15H26N2O2. The van der Waals surface area contributed by atoms with Crippen molar-refractivity contribution < 1.29 is 9.59 Å². The molecule has 0 bridgehead atoms. The van der Waals surface area contributed by atoms with Gasteiger partial charge in [0.25, 0.3) is 0 Å². The highest BCUT2D eigenvalue weighted by molar-refractivity contribution is 5.97. The first-order valence-electron chi connectivity index (χ1n) is 6.95. The molecule has 3 atom stereocenters. The van der Waals surface area contributed by atoms with E-state index in [0.717, 1.165) is 6.42 Å². The average Bonchev–Trinajstić information content (AvgIpc) is 2.31. The Morgan fingerprint density at radius 1 is 1.42 bits per heavy atom. The van der Waals surface area contributed by atoms with Crippen LogP contribution in [0.1, 0.15) is 41.0 Å². The van der Waals surface area contributed by atoms with Gasteiger partial charge >= 0.3 is 0 Å². The second kappa shape index (κ2) is 5.76. The molecule has 108 valence electrons. The summed E-state index contributed by atoms with van der Waals surface area (Å²) >= 11 is 0. The number of carbonyl (C=O) groups excluding carboxylic acids is 2. The smallest absolute Gasteiger partial charge is 0.246 e. The summed E-state index contributed by atoms with van der Waals surface area (Å²) < 4.78 is 0. The van der Waals surface area contributed by atoms with Crippen LogP contribution in [0.3, 0.4) is 0 Å². The van der Waals surface area contributed by atoms with Crippen molar-refractivity contribution in [3.05, 3.63) is 12.7 Å². The summed E-state index contributed by atoms with van der Waals surface area (Å²) in [5.74, 6) is 0.0952. The molecule has 0 aromatic carbocycles. The highest BCUT2D eigenvalue weighted by Crippen LogP contribution is 2.28. The third kappa shape index (κ3) is 3.17. The van der Waals surface area contributed by atoms with Gasteiger partial charge in [0.1, 0.15) is 12.1 Å². The van der Waals surface area contributed by atoms with Crippen LogP contribution in [-0.2, 0) is 9.59 Å². The van der Waals surface area contributed by atoms with E-state index in [9.17, 15) is 9.59 Å². The van der Waals surface area contributed by atoms with Crippen molar-refractivity contribution in [2.45, 2.75) is 53.1 Å². The van der Waals surface area contributed by atoms with E-state index in [1.165, 1.54) is 0 Å². The number of nitrogens with zero attached hydrogens (tertiary/aromatic N) is 1. The van der Waals surface area contributed by atoms with Crippen LogP contribution in [0.5, 0.6) is 0 Å². The van der Waals surface area contributed by atoms with E-state index < -0.39 is 6.04 Å². The van der Waals surface area contributed by atoms with Crippen LogP contribution in [0, 0.1) is 11.3 Å². The topological polar surface area (TPSA) is 49.4 Å². The number of amides is 2. The molecule has 1 N–H and O–H groups in total. The van der Waals surface area contributed by atoms with E-state index in [1.54, 1.807) is 11.0 Å². The Balaban J connectivity index is 3.09. The number of hydrogen-bond donors (Lipinski definition) is 1. The summed E-state index contributed by atoms with van der Waals surface area (Å²) in [6.45, 7) is 14.0. The molecule has 0 aromatic rings. The highest BCUT2D eigenvalue weighted by Gasteiger charge is 2.46. The summed E-state index contributed by atoms with van der Waals surface area (Å²) in [5, 5.41) is 2.90. The normalized spacial score (nSPS) is 26.1. The lowest BCUT2D eigenvalue weighted by Crippen LogP contribution is -2.67. The van der Waals surface area contributed by atoms with Crippen LogP contribution in [0.15, 0.2) is 12.7 Å². The third-order valence-corrected chi connectivity index (χ3v) is 3.80. The number of carbonyl (C=O) groups is 2. The van der Waals surface area contributed by atoms with E-state index in [-0.39, 0.29) is 29.2 Å². The van der Waals surface area contributed by atoms with Crippen molar-refractivity contribution in [2.75, 3.05) is 6.54 Å². The number of piperazine rings is 1. The molecule has 2 amide bonds. The molecule has 0 aromatic heterocycles. The molecule has 0 radical (unpaired) electrons. The standard InChI is InChI=1S/C15H26N2O2/c1-7-9-17-11(10(3)8-2)13(18)16-12(14(17)19)15(4,5)6/h7,10-12H,1,8-9H2,2-6H3,(H,16,18). The van der Waals surface area contributed by atoms with Gasteiger partial charge in [-0.3, -0.25) is 9.59 Å². The third-order valence-electron chi connectivity index (χ3n) is 3.80. The number of hydrogen-bond acceptors (Lipinski definition) is 2. The molecule has 1 aliphatic rings. The second-order valence-corrected chi connectivity index (χ2v) is 6.42. The summed E-state index contributed by atoms with van der Waals surface area (Å²) in [6.07, 6.45) is 2.55. The highest BCUT2D eigenvalue weighted by atomic mass is 16.2. The predicted octanol–water partition coefficient (Wildman–Crippen LogP) is 1.96. The molecule has 3 unspecified atom stereocenters. The Morgan fingerprint density at radius 2 is 2.00 bits per heavy atom. The van der Waals surface area contributed by atoms with E-state index >= 15 is 0 Å². The maximum Gasteiger partial charge on any atom is 0.246 e. The molecule has 1 aliphatic heterocycles. The Morgan fingerprint density at radius 3 is 2.42 bits per heavy atom. The maximum absolute atomic E-state index is 12.6. The van der Waals surface area contributed by atoms with Gasteiger partial charge in [0, 0.05) is 6.54 Å². The molecule has 1 saturated heterocycles. The minimum absolute atomic E-state index is 0.00250. The molecule has 0 aliphatic carbocycles. The Kier molecular flexibility index (Phi) is 4.77. The minimum atomic E-state index is -0.458. The lowest BCUT2D eigenvalue weighted by molar-refractivity contribution is -0.153. The fourth-order valence-electron chi connectivity index (χ4n) is 2.45. The molecular weight excluding hydrogens is 240 g/mol. The first kappa shape index (κ1) is 15.7. The van der Waals surface area contributed by atoms with Crippen LogP contribution >= 0.6 is 0 Å². The SMILES string of the molecule is C=CCN1C(=O)C(C(C)(C)C)NC(=O)C1C(C)CC. The van der Waals surface area contributed by atoms with Gasteiger partial charge in [-0.1, -0.05) is 47.1 Å². The average molecular weight is 266 g/mol. The number of nitrogens with one attached hydrogen (secondary N) is 1. The number of rotatable bonds is 4. The zero-order valence-corrected chi connectivity index (χ0v) is 12.7. The van der Waals surface area contributed by atoms with Gasteiger partial charge in [0.05, 0.1) is 0 Å². The van der Waals surface area contributed by atoms with Crippen LogP contribution in [0.2, 0.25) is 0 Å². The Bertz CT molecular complexity index is 371. The zero-order valence-electron chi connectivity index (χ0n) is 12.7. The van der Waals surface area contributed by atoms with E-state index in [1.807, 2.05) is 34.6 Å². The Hall–Kier alpha value is -1.32. The van der Waals surface area contributed by atoms with Gasteiger partial charge in [-0.05, 0) is 11.3 Å².